The Bertz CT molecular complexity index is 1220. The number of benzene rings is 2. The zero-order valence-electron chi connectivity index (χ0n) is 15.2. The summed E-state index contributed by atoms with van der Waals surface area (Å²) in [5, 5.41) is 12.5. The molecule has 134 valence electrons. The number of aromatic nitrogens is 2. The Kier molecular flexibility index (Phi) is 3.28. The molecule has 1 aliphatic rings. The Balaban J connectivity index is 1.64. The van der Waals surface area contributed by atoms with Crippen LogP contribution in [0.5, 0.6) is 5.88 Å². The van der Waals surface area contributed by atoms with Gasteiger partial charge < -0.3 is 14.8 Å². The van der Waals surface area contributed by atoms with Gasteiger partial charge in [0.2, 0.25) is 5.90 Å². The quantitative estimate of drug-likeness (QED) is 0.549. The van der Waals surface area contributed by atoms with Crippen LogP contribution >= 0.6 is 0 Å². The van der Waals surface area contributed by atoms with Crippen molar-refractivity contribution in [3.63, 3.8) is 0 Å². The van der Waals surface area contributed by atoms with Gasteiger partial charge in [0.05, 0.1) is 22.3 Å². The van der Waals surface area contributed by atoms with Gasteiger partial charge >= 0.3 is 0 Å². The Morgan fingerprint density at radius 1 is 1.07 bits per heavy atom. The van der Waals surface area contributed by atoms with E-state index in [0.29, 0.717) is 18.1 Å². The number of fused-ring (bicyclic) bond motifs is 2. The predicted octanol–water partition coefficient (Wildman–Crippen LogP) is 4.64. The molecule has 2 N–H and O–H groups in total. The van der Waals surface area contributed by atoms with Crippen molar-refractivity contribution in [1.29, 1.82) is 0 Å². The van der Waals surface area contributed by atoms with Crippen LogP contribution in [-0.4, -0.2) is 33.1 Å². The molecular weight excluding hydrogens is 338 g/mol. The molecular formula is C22H19N3O2. The zero-order valence-corrected chi connectivity index (χ0v) is 15.2. The van der Waals surface area contributed by atoms with Crippen LogP contribution in [0.15, 0.2) is 59.6 Å². The standard InChI is InChI=1S/C22H19N3O2/c1-22(2)12-27-21(25-22)14-7-9-15-18(11-14)24-20(26)19(15)17-10-8-13-5-3-4-6-16(13)23-17/h3-11,24,26H,12H2,1-2H3. The Morgan fingerprint density at radius 3 is 2.74 bits per heavy atom. The van der Waals surface area contributed by atoms with Crippen molar-refractivity contribution in [3.8, 4) is 17.1 Å². The molecule has 0 fully saturated rings. The van der Waals surface area contributed by atoms with E-state index in [9.17, 15) is 5.11 Å². The number of aromatic amines is 1. The third kappa shape index (κ3) is 2.63. The van der Waals surface area contributed by atoms with E-state index >= 15 is 0 Å². The van der Waals surface area contributed by atoms with Gasteiger partial charge in [0, 0.05) is 21.9 Å². The molecule has 2 aromatic heterocycles. The monoisotopic (exact) mass is 357 g/mol. The predicted molar refractivity (Wildman–Crippen MR) is 107 cm³/mol. The van der Waals surface area contributed by atoms with Gasteiger partial charge in [-0.15, -0.1) is 0 Å². The fraction of sp³-hybridized carbons (Fsp3) is 0.182. The number of nitrogens with zero attached hydrogens (tertiary/aromatic N) is 2. The third-order valence-corrected chi connectivity index (χ3v) is 4.85. The number of rotatable bonds is 2. The molecule has 5 heteroatoms. The normalized spacial score (nSPS) is 15.9. The van der Waals surface area contributed by atoms with Gasteiger partial charge in [-0.25, -0.2) is 9.98 Å². The number of hydrogen-bond donors (Lipinski definition) is 2. The number of para-hydroxylation sites is 1. The molecule has 0 unspecified atom stereocenters. The summed E-state index contributed by atoms with van der Waals surface area (Å²) in [6.45, 7) is 4.66. The van der Waals surface area contributed by atoms with E-state index in [1.165, 1.54) is 0 Å². The lowest BCUT2D eigenvalue weighted by atomic mass is 10.1. The summed E-state index contributed by atoms with van der Waals surface area (Å²) in [4.78, 5) is 12.4. The van der Waals surface area contributed by atoms with Crippen LogP contribution < -0.4 is 0 Å². The van der Waals surface area contributed by atoms with Crippen molar-refractivity contribution < 1.29 is 9.84 Å². The lowest BCUT2D eigenvalue weighted by Crippen LogP contribution is -2.17. The van der Waals surface area contributed by atoms with Crippen molar-refractivity contribution in [1.82, 2.24) is 9.97 Å². The fourth-order valence-corrected chi connectivity index (χ4v) is 3.51. The summed E-state index contributed by atoms with van der Waals surface area (Å²) in [7, 11) is 0. The Morgan fingerprint density at radius 2 is 1.93 bits per heavy atom. The van der Waals surface area contributed by atoms with E-state index in [2.05, 4.69) is 9.98 Å². The minimum Gasteiger partial charge on any atom is -0.494 e. The average molecular weight is 357 g/mol. The number of aromatic hydroxyl groups is 1. The first-order valence-corrected chi connectivity index (χ1v) is 8.94. The van der Waals surface area contributed by atoms with Crippen molar-refractivity contribution in [2.45, 2.75) is 19.4 Å². The van der Waals surface area contributed by atoms with Crippen LogP contribution in [0.25, 0.3) is 33.1 Å². The smallest absolute Gasteiger partial charge is 0.216 e. The maximum atomic E-state index is 10.5. The van der Waals surface area contributed by atoms with Crippen molar-refractivity contribution in [2.24, 2.45) is 4.99 Å². The minimum absolute atomic E-state index is 0.111. The highest BCUT2D eigenvalue weighted by molar-refractivity contribution is 6.04. The minimum atomic E-state index is -0.206. The average Bonchev–Trinajstić information content (AvgIpc) is 3.19. The molecule has 0 saturated heterocycles. The first kappa shape index (κ1) is 15.9. The maximum Gasteiger partial charge on any atom is 0.216 e. The summed E-state index contributed by atoms with van der Waals surface area (Å²) >= 11 is 0. The van der Waals surface area contributed by atoms with Crippen LogP contribution in [0.3, 0.4) is 0 Å². The molecule has 0 bridgehead atoms. The summed E-state index contributed by atoms with van der Waals surface area (Å²) in [6.07, 6.45) is 0. The summed E-state index contributed by atoms with van der Waals surface area (Å²) in [6, 6.07) is 17.8. The van der Waals surface area contributed by atoms with Crippen molar-refractivity contribution >= 4 is 27.7 Å². The van der Waals surface area contributed by atoms with Gasteiger partial charge in [-0.3, -0.25) is 0 Å². The highest BCUT2D eigenvalue weighted by atomic mass is 16.5. The van der Waals surface area contributed by atoms with Gasteiger partial charge in [0.15, 0.2) is 5.88 Å². The summed E-state index contributed by atoms with van der Waals surface area (Å²) in [5.41, 5.74) is 3.86. The molecule has 2 aromatic carbocycles. The van der Waals surface area contributed by atoms with E-state index in [4.69, 9.17) is 9.72 Å². The Hall–Kier alpha value is -3.34. The topological polar surface area (TPSA) is 70.5 Å². The molecule has 3 heterocycles. The van der Waals surface area contributed by atoms with Crippen molar-refractivity contribution in [3.05, 3.63) is 60.2 Å². The molecule has 0 atom stereocenters. The largest absolute Gasteiger partial charge is 0.494 e. The van der Waals surface area contributed by atoms with E-state index in [1.807, 2.05) is 68.4 Å². The Labute approximate surface area is 156 Å². The number of H-pyrrole nitrogens is 1. The molecule has 0 amide bonds. The first-order valence-electron chi connectivity index (χ1n) is 8.94. The molecule has 0 saturated carbocycles. The van der Waals surface area contributed by atoms with Crippen LogP contribution in [-0.2, 0) is 4.74 Å². The van der Waals surface area contributed by atoms with Crippen LogP contribution in [0.1, 0.15) is 19.4 Å². The van der Waals surface area contributed by atoms with Crippen LogP contribution in [0.2, 0.25) is 0 Å². The fourth-order valence-electron chi connectivity index (χ4n) is 3.51. The maximum absolute atomic E-state index is 10.5. The SMILES string of the molecule is CC1(C)COC(c2ccc3c(-c4ccc5ccccc5n4)c(O)[nH]c3c2)=N1. The first-order chi connectivity index (χ1) is 13.0. The number of hydrogen-bond acceptors (Lipinski definition) is 4. The zero-order chi connectivity index (χ0) is 18.6. The van der Waals surface area contributed by atoms with Gasteiger partial charge in [0.25, 0.3) is 0 Å². The molecule has 1 aliphatic heterocycles. The van der Waals surface area contributed by atoms with Gasteiger partial charge in [-0.05, 0) is 38.1 Å². The van der Waals surface area contributed by atoms with Crippen LogP contribution in [0.4, 0.5) is 0 Å². The number of ether oxygens (including phenoxy) is 1. The number of nitrogens with one attached hydrogen (secondary N) is 1. The van der Waals surface area contributed by atoms with Gasteiger partial charge in [-0.2, -0.15) is 0 Å². The van der Waals surface area contributed by atoms with Gasteiger partial charge in [0.1, 0.15) is 6.61 Å². The number of aliphatic imine (C=N–C) groups is 1. The summed E-state index contributed by atoms with van der Waals surface area (Å²) < 4.78 is 5.73. The molecule has 0 radical (unpaired) electrons. The lowest BCUT2D eigenvalue weighted by molar-refractivity contribution is 0.279. The lowest BCUT2D eigenvalue weighted by Gasteiger charge is -2.07. The molecule has 27 heavy (non-hydrogen) atoms. The second kappa shape index (κ2) is 5.58. The second-order valence-corrected chi connectivity index (χ2v) is 7.52. The van der Waals surface area contributed by atoms with E-state index in [-0.39, 0.29) is 11.4 Å². The van der Waals surface area contributed by atoms with E-state index in [1.54, 1.807) is 0 Å². The number of pyridine rings is 1. The van der Waals surface area contributed by atoms with Crippen molar-refractivity contribution in [2.75, 3.05) is 6.61 Å². The van der Waals surface area contributed by atoms with Crippen LogP contribution in [0, 0.1) is 0 Å². The highest BCUT2D eigenvalue weighted by Gasteiger charge is 2.27. The molecule has 4 aromatic rings. The van der Waals surface area contributed by atoms with E-state index < -0.39 is 0 Å². The molecule has 5 nitrogen and oxygen atoms in total. The van der Waals surface area contributed by atoms with E-state index in [0.717, 1.165) is 33.1 Å². The molecule has 5 rings (SSSR count). The second-order valence-electron chi connectivity index (χ2n) is 7.52. The highest BCUT2D eigenvalue weighted by Crippen LogP contribution is 2.37. The third-order valence-electron chi connectivity index (χ3n) is 4.85. The molecule has 0 aliphatic carbocycles. The summed E-state index contributed by atoms with van der Waals surface area (Å²) in [5.74, 6) is 0.751. The molecule has 0 spiro atoms. The van der Waals surface area contributed by atoms with Gasteiger partial charge in [-0.1, -0.05) is 30.3 Å².